The van der Waals surface area contributed by atoms with Gasteiger partial charge < -0.3 is 9.80 Å². The van der Waals surface area contributed by atoms with Crippen molar-refractivity contribution in [3.8, 4) is 11.1 Å². The molecule has 5 aliphatic carbocycles. The van der Waals surface area contributed by atoms with Gasteiger partial charge in [-0.2, -0.15) is 0 Å². The fourth-order valence-electron chi connectivity index (χ4n) is 10.6. The molecule has 5 nitrogen and oxygen atoms in total. The SMILES string of the molecule is O=C(c1ccc(-c2cc(Cl)c(C[C@@H]3CCN(C4CCCC(F)(F)C4)C3=O)c(Cl)c2)cc1)N1CCN(C2C3CC4CC(C3)CC2C4)CC1. The van der Waals surface area contributed by atoms with E-state index in [0.717, 1.165) is 67.0 Å². The molecule has 9 rings (SSSR count). The van der Waals surface area contributed by atoms with E-state index in [1.807, 2.05) is 41.3 Å². The fraction of sp³-hybridized carbons (Fsp3) is 0.632. The molecule has 7 aliphatic rings. The molecule has 9 heteroatoms. The molecule has 0 aromatic heterocycles. The summed E-state index contributed by atoms with van der Waals surface area (Å²) in [7, 11) is 0. The molecule has 2 saturated heterocycles. The topological polar surface area (TPSA) is 43.9 Å². The Bertz CT molecular complexity index is 1470. The van der Waals surface area contributed by atoms with Crippen LogP contribution in [0.25, 0.3) is 11.1 Å². The standard InChI is InChI=1S/C38H45Cl2F2N3O2/c39-33-20-28(21-34(40)32(33)19-27-7-9-45(37(27)47)31-2-1-8-38(41,42)22-31)25-3-5-26(6-4-25)36(46)44-12-10-43(11-13-44)35-29-15-23-14-24(17-29)18-30(35)16-23/h3-6,20-21,23-24,27,29-31,35H,1-2,7-19,22H2/t23?,24?,27-,29?,30?,31?,35?/m0/s1. The average molecular weight is 685 g/mol. The molecule has 2 amide bonds. The molecule has 0 radical (unpaired) electrons. The number of halogens is 4. The Morgan fingerprint density at radius 3 is 2.09 bits per heavy atom. The number of nitrogens with zero attached hydrogens (tertiary/aromatic N) is 3. The maximum absolute atomic E-state index is 14.0. The van der Waals surface area contributed by atoms with E-state index in [-0.39, 0.29) is 30.6 Å². The number of amides is 2. The van der Waals surface area contributed by atoms with Crippen molar-refractivity contribution < 1.29 is 18.4 Å². The Balaban J connectivity index is 0.880. The Labute approximate surface area is 286 Å². The molecular weight excluding hydrogens is 639 g/mol. The summed E-state index contributed by atoms with van der Waals surface area (Å²) in [4.78, 5) is 33.1. The lowest BCUT2D eigenvalue weighted by Gasteiger charge is -2.58. The largest absolute Gasteiger partial charge is 0.339 e. The van der Waals surface area contributed by atoms with Crippen molar-refractivity contribution >= 4 is 35.0 Å². The van der Waals surface area contributed by atoms with E-state index in [1.165, 1.54) is 32.1 Å². The summed E-state index contributed by atoms with van der Waals surface area (Å²) in [5, 5.41) is 0.972. The first-order chi connectivity index (χ1) is 22.6. The lowest BCUT2D eigenvalue weighted by Crippen LogP contribution is -2.60. The number of hydrogen-bond acceptors (Lipinski definition) is 3. The number of rotatable bonds is 6. The molecule has 2 atom stereocenters. The average Bonchev–Trinajstić information content (AvgIpc) is 3.41. The fourth-order valence-corrected chi connectivity index (χ4v) is 11.3. The van der Waals surface area contributed by atoms with E-state index in [4.69, 9.17) is 23.2 Å². The quantitative estimate of drug-likeness (QED) is 0.308. The number of likely N-dealkylation sites (tertiary alicyclic amines) is 1. The molecule has 47 heavy (non-hydrogen) atoms. The minimum absolute atomic E-state index is 0.0709. The maximum Gasteiger partial charge on any atom is 0.253 e. The van der Waals surface area contributed by atoms with E-state index in [9.17, 15) is 18.4 Å². The van der Waals surface area contributed by atoms with Gasteiger partial charge in [0.05, 0.1) is 0 Å². The van der Waals surface area contributed by atoms with Gasteiger partial charge in [0, 0.05) is 79.2 Å². The van der Waals surface area contributed by atoms with Crippen LogP contribution in [0.15, 0.2) is 36.4 Å². The van der Waals surface area contributed by atoms with Gasteiger partial charge in [0.2, 0.25) is 11.8 Å². The molecule has 2 aromatic carbocycles. The van der Waals surface area contributed by atoms with Gasteiger partial charge in [0.25, 0.3) is 5.91 Å². The van der Waals surface area contributed by atoms with Crippen LogP contribution in [-0.4, -0.2) is 77.2 Å². The molecule has 5 saturated carbocycles. The van der Waals surface area contributed by atoms with Gasteiger partial charge in [-0.05, 0) is 122 Å². The second kappa shape index (κ2) is 12.6. The molecule has 252 valence electrons. The molecular formula is C38H45Cl2F2N3O2. The molecule has 4 bridgehead atoms. The summed E-state index contributed by atoms with van der Waals surface area (Å²) in [6, 6.07) is 11.7. The van der Waals surface area contributed by atoms with Crippen LogP contribution in [0.5, 0.6) is 0 Å². The van der Waals surface area contributed by atoms with Crippen LogP contribution in [0.1, 0.15) is 80.1 Å². The third kappa shape index (κ3) is 6.23. The van der Waals surface area contributed by atoms with E-state index in [1.54, 1.807) is 4.90 Å². The highest BCUT2D eigenvalue weighted by molar-refractivity contribution is 6.36. The number of alkyl halides is 2. The zero-order valence-corrected chi connectivity index (χ0v) is 28.5. The van der Waals surface area contributed by atoms with E-state index in [0.29, 0.717) is 53.4 Å². The van der Waals surface area contributed by atoms with E-state index < -0.39 is 12.0 Å². The molecule has 0 N–H and O–H groups in total. The lowest BCUT2D eigenvalue weighted by atomic mass is 9.54. The monoisotopic (exact) mass is 683 g/mol. The molecule has 2 aliphatic heterocycles. The summed E-state index contributed by atoms with van der Waals surface area (Å²) >= 11 is 13.5. The molecule has 7 fully saturated rings. The zero-order valence-electron chi connectivity index (χ0n) is 27.0. The van der Waals surface area contributed by atoms with Gasteiger partial charge in [-0.25, -0.2) is 8.78 Å². The number of carbonyl (C=O) groups excluding carboxylic acids is 2. The lowest BCUT2D eigenvalue weighted by molar-refractivity contribution is -0.136. The smallest absolute Gasteiger partial charge is 0.253 e. The van der Waals surface area contributed by atoms with Crippen LogP contribution in [-0.2, 0) is 11.2 Å². The highest BCUT2D eigenvalue weighted by atomic mass is 35.5. The summed E-state index contributed by atoms with van der Waals surface area (Å²) in [5.74, 6) is 0.705. The van der Waals surface area contributed by atoms with Crippen LogP contribution in [0.4, 0.5) is 8.78 Å². The zero-order chi connectivity index (χ0) is 32.4. The molecule has 1 unspecified atom stereocenters. The van der Waals surface area contributed by atoms with Gasteiger partial charge in [0.1, 0.15) is 0 Å². The predicted octanol–water partition coefficient (Wildman–Crippen LogP) is 8.21. The van der Waals surface area contributed by atoms with E-state index in [2.05, 4.69) is 4.90 Å². The Morgan fingerprint density at radius 1 is 0.830 bits per heavy atom. The Hall–Kier alpha value is -2.22. The maximum atomic E-state index is 14.0. The van der Waals surface area contributed by atoms with Crippen molar-refractivity contribution in [2.75, 3.05) is 32.7 Å². The Morgan fingerprint density at radius 2 is 1.47 bits per heavy atom. The van der Waals surface area contributed by atoms with Gasteiger partial charge in [-0.15, -0.1) is 0 Å². The van der Waals surface area contributed by atoms with Crippen LogP contribution in [0, 0.1) is 29.6 Å². The number of piperazine rings is 1. The summed E-state index contributed by atoms with van der Waals surface area (Å²) in [5.41, 5.74) is 3.15. The minimum Gasteiger partial charge on any atom is -0.339 e. The first-order valence-corrected chi connectivity index (χ1v) is 18.7. The third-order valence-corrected chi connectivity index (χ3v) is 13.3. The Kier molecular flexibility index (Phi) is 8.57. The third-order valence-electron chi connectivity index (χ3n) is 12.7. The van der Waals surface area contributed by atoms with Crippen LogP contribution in [0.2, 0.25) is 10.0 Å². The van der Waals surface area contributed by atoms with Crippen LogP contribution >= 0.6 is 23.2 Å². The van der Waals surface area contributed by atoms with Crippen molar-refractivity contribution in [3.05, 3.63) is 57.6 Å². The first-order valence-electron chi connectivity index (χ1n) is 17.9. The molecule has 2 heterocycles. The second-order valence-electron chi connectivity index (χ2n) is 15.6. The van der Waals surface area contributed by atoms with Crippen molar-refractivity contribution in [3.63, 3.8) is 0 Å². The van der Waals surface area contributed by atoms with Gasteiger partial charge in [-0.1, -0.05) is 35.3 Å². The number of carbonyl (C=O) groups is 2. The summed E-state index contributed by atoms with van der Waals surface area (Å²) < 4.78 is 28.1. The second-order valence-corrected chi connectivity index (χ2v) is 16.4. The van der Waals surface area contributed by atoms with Gasteiger partial charge >= 0.3 is 0 Å². The van der Waals surface area contributed by atoms with Crippen LogP contribution < -0.4 is 0 Å². The highest BCUT2D eigenvalue weighted by Crippen LogP contribution is 2.55. The molecule has 2 aromatic rings. The van der Waals surface area contributed by atoms with Crippen molar-refractivity contribution in [1.29, 1.82) is 0 Å². The normalized spacial score (nSPS) is 33.5. The minimum atomic E-state index is -2.70. The number of hydrogen-bond donors (Lipinski definition) is 0. The predicted molar refractivity (Wildman–Crippen MR) is 181 cm³/mol. The first kappa shape index (κ1) is 32.0. The van der Waals surface area contributed by atoms with Gasteiger partial charge in [-0.3, -0.25) is 14.5 Å². The van der Waals surface area contributed by atoms with Crippen molar-refractivity contribution in [2.45, 2.75) is 88.6 Å². The molecule has 0 spiro atoms. The van der Waals surface area contributed by atoms with Crippen molar-refractivity contribution in [2.24, 2.45) is 29.6 Å². The summed E-state index contributed by atoms with van der Waals surface area (Å²) in [6.45, 7) is 4.01. The van der Waals surface area contributed by atoms with Crippen molar-refractivity contribution in [1.82, 2.24) is 14.7 Å². The summed E-state index contributed by atoms with van der Waals surface area (Å²) in [6.07, 6.45) is 8.91. The number of benzene rings is 2. The highest BCUT2D eigenvalue weighted by Gasteiger charge is 2.50. The van der Waals surface area contributed by atoms with E-state index >= 15 is 0 Å². The van der Waals surface area contributed by atoms with Crippen LogP contribution in [0.3, 0.4) is 0 Å². The van der Waals surface area contributed by atoms with Gasteiger partial charge in [0.15, 0.2) is 0 Å².